The lowest BCUT2D eigenvalue weighted by molar-refractivity contribution is 0.663. The summed E-state index contributed by atoms with van der Waals surface area (Å²) in [6.45, 7) is 7.61. The van der Waals surface area contributed by atoms with Crippen LogP contribution in [0.25, 0.3) is 0 Å². The lowest BCUT2D eigenvalue weighted by Gasteiger charge is -2.27. The largest absolute Gasteiger partial charge is 0.368 e. The molecule has 20 heavy (non-hydrogen) atoms. The Hall–Kier alpha value is -1.09. The van der Waals surface area contributed by atoms with E-state index in [1.807, 2.05) is 0 Å². The Morgan fingerprint density at radius 2 is 2.10 bits per heavy atom. The van der Waals surface area contributed by atoms with Crippen LogP contribution < -0.4 is 10.2 Å². The van der Waals surface area contributed by atoms with Gasteiger partial charge in [0.1, 0.15) is 0 Å². The first kappa shape index (κ1) is 13.9. The van der Waals surface area contributed by atoms with Crippen molar-refractivity contribution in [3.63, 3.8) is 0 Å². The van der Waals surface area contributed by atoms with Crippen molar-refractivity contribution in [1.82, 2.24) is 10.3 Å². The first-order valence-electron chi connectivity index (χ1n) is 8.20. The van der Waals surface area contributed by atoms with E-state index < -0.39 is 0 Å². The number of nitrogens with zero attached hydrogens (tertiary/aromatic N) is 2. The van der Waals surface area contributed by atoms with Crippen molar-refractivity contribution in [2.24, 2.45) is 5.92 Å². The molecule has 0 spiro atoms. The maximum Gasteiger partial charge on any atom is 0.0448 e. The molecular formula is C17H27N3. The molecule has 1 N–H and O–H groups in total. The van der Waals surface area contributed by atoms with Gasteiger partial charge in [-0.05, 0) is 57.6 Å². The number of hydrogen-bond donors (Lipinski definition) is 1. The summed E-state index contributed by atoms with van der Waals surface area (Å²) in [6.07, 6.45) is 8.86. The molecule has 0 aliphatic heterocycles. The number of aryl methyl sites for hydroxylation is 1. The van der Waals surface area contributed by atoms with E-state index in [-0.39, 0.29) is 0 Å². The van der Waals surface area contributed by atoms with E-state index in [9.17, 15) is 0 Å². The SMILES string of the molecule is CCCNCc1cnc(C)cc1N(CC1CC1)C1CC1. The number of aromatic nitrogens is 1. The van der Waals surface area contributed by atoms with Crippen molar-refractivity contribution in [3.05, 3.63) is 23.5 Å². The van der Waals surface area contributed by atoms with Gasteiger partial charge in [-0.2, -0.15) is 0 Å². The van der Waals surface area contributed by atoms with Gasteiger partial charge in [-0.3, -0.25) is 4.98 Å². The van der Waals surface area contributed by atoms with E-state index in [1.165, 1.54) is 49.9 Å². The summed E-state index contributed by atoms with van der Waals surface area (Å²) < 4.78 is 0. The van der Waals surface area contributed by atoms with Gasteiger partial charge in [0, 0.05) is 42.3 Å². The maximum absolute atomic E-state index is 4.51. The van der Waals surface area contributed by atoms with Crippen LogP contribution in [0.2, 0.25) is 0 Å². The summed E-state index contributed by atoms with van der Waals surface area (Å²) in [7, 11) is 0. The zero-order chi connectivity index (χ0) is 13.9. The zero-order valence-electron chi connectivity index (χ0n) is 12.9. The average molecular weight is 273 g/mol. The topological polar surface area (TPSA) is 28.2 Å². The van der Waals surface area contributed by atoms with Crippen molar-refractivity contribution in [3.8, 4) is 0 Å². The van der Waals surface area contributed by atoms with Crippen LogP contribution in [0.3, 0.4) is 0 Å². The van der Waals surface area contributed by atoms with Gasteiger partial charge in [-0.1, -0.05) is 6.92 Å². The summed E-state index contributed by atoms with van der Waals surface area (Å²) in [4.78, 5) is 7.18. The molecule has 0 radical (unpaired) electrons. The molecule has 0 amide bonds. The molecule has 1 aromatic heterocycles. The molecule has 2 fully saturated rings. The third-order valence-electron chi connectivity index (χ3n) is 4.29. The zero-order valence-corrected chi connectivity index (χ0v) is 12.9. The van der Waals surface area contributed by atoms with E-state index in [0.29, 0.717) is 0 Å². The molecule has 0 unspecified atom stereocenters. The molecular weight excluding hydrogens is 246 g/mol. The van der Waals surface area contributed by atoms with Crippen molar-refractivity contribution < 1.29 is 0 Å². The van der Waals surface area contributed by atoms with E-state index in [0.717, 1.165) is 30.7 Å². The number of hydrogen-bond acceptors (Lipinski definition) is 3. The third kappa shape index (κ3) is 3.51. The number of pyridine rings is 1. The predicted molar refractivity (Wildman–Crippen MR) is 84.1 cm³/mol. The lowest BCUT2D eigenvalue weighted by Crippen LogP contribution is -2.30. The van der Waals surface area contributed by atoms with Crippen LogP contribution in [0.15, 0.2) is 12.3 Å². The molecule has 0 saturated heterocycles. The second-order valence-corrected chi connectivity index (χ2v) is 6.46. The normalized spacial score (nSPS) is 18.3. The van der Waals surface area contributed by atoms with Crippen LogP contribution >= 0.6 is 0 Å². The monoisotopic (exact) mass is 273 g/mol. The molecule has 0 atom stereocenters. The highest BCUT2D eigenvalue weighted by molar-refractivity contribution is 5.55. The Morgan fingerprint density at radius 1 is 1.30 bits per heavy atom. The van der Waals surface area contributed by atoms with Crippen LogP contribution in [0.1, 0.15) is 50.3 Å². The fourth-order valence-corrected chi connectivity index (χ4v) is 2.79. The van der Waals surface area contributed by atoms with E-state index in [4.69, 9.17) is 0 Å². The molecule has 0 bridgehead atoms. The highest BCUT2D eigenvalue weighted by atomic mass is 15.2. The van der Waals surface area contributed by atoms with Crippen molar-refractivity contribution >= 4 is 5.69 Å². The van der Waals surface area contributed by atoms with E-state index in [2.05, 4.69) is 41.3 Å². The van der Waals surface area contributed by atoms with Gasteiger partial charge in [0.25, 0.3) is 0 Å². The van der Waals surface area contributed by atoms with Gasteiger partial charge in [-0.25, -0.2) is 0 Å². The lowest BCUT2D eigenvalue weighted by atomic mass is 10.1. The molecule has 1 heterocycles. The summed E-state index contributed by atoms with van der Waals surface area (Å²) in [5.74, 6) is 0.945. The predicted octanol–water partition coefficient (Wildman–Crippen LogP) is 3.27. The fraction of sp³-hybridized carbons (Fsp3) is 0.706. The Morgan fingerprint density at radius 3 is 2.75 bits per heavy atom. The summed E-state index contributed by atoms with van der Waals surface area (Å²) in [5.41, 5.74) is 3.95. The van der Waals surface area contributed by atoms with E-state index >= 15 is 0 Å². The van der Waals surface area contributed by atoms with Gasteiger partial charge in [-0.15, -0.1) is 0 Å². The van der Waals surface area contributed by atoms with Crippen molar-refractivity contribution in [2.75, 3.05) is 18.0 Å². The third-order valence-corrected chi connectivity index (χ3v) is 4.29. The van der Waals surface area contributed by atoms with Gasteiger partial charge >= 0.3 is 0 Å². The first-order chi connectivity index (χ1) is 9.78. The molecule has 2 aliphatic rings. The van der Waals surface area contributed by atoms with Gasteiger partial charge < -0.3 is 10.2 Å². The van der Waals surface area contributed by atoms with Crippen LogP contribution in [0, 0.1) is 12.8 Å². The highest BCUT2D eigenvalue weighted by Crippen LogP contribution is 2.38. The average Bonchev–Trinajstić information content (AvgIpc) is 3.31. The second-order valence-electron chi connectivity index (χ2n) is 6.46. The van der Waals surface area contributed by atoms with Crippen LogP contribution in [0.5, 0.6) is 0 Å². The molecule has 0 aromatic carbocycles. The number of rotatable bonds is 8. The molecule has 110 valence electrons. The molecule has 3 rings (SSSR count). The van der Waals surface area contributed by atoms with Gasteiger partial charge in [0.15, 0.2) is 0 Å². The van der Waals surface area contributed by atoms with Gasteiger partial charge in [0.05, 0.1) is 0 Å². The van der Waals surface area contributed by atoms with E-state index in [1.54, 1.807) is 0 Å². The first-order valence-corrected chi connectivity index (χ1v) is 8.20. The molecule has 3 nitrogen and oxygen atoms in total. The van der Waals surface area contributed by atoms with Gasteiger partial charge in [0.2, 0.25) is 0 Å². The minimum absolute atomic E-state index is 0.794. The molecule has 2 aliphatic carbocycles. The van der Waals surface area contributed by atoms with Crippen molar-refractivity contribution in [2.45, 2.75) is 58.5 Å². The van der Waals surface area contributed by atoms with Crippen LogP contribution in [-0.4, -0.2) is 24.1 Å². The summed E-state index contributed by atoms with van der Waals surface area (Å²) in [5, 5.41) is 3.53. The Balaban J connectivity index is 1.78. The minimum atomic E-state index is 0.794. The Kier molecular flexibility index (Phi) is 4.25. The quantitative estimate of drug-likeness (QED) is 0.737. The smallest absolute Gasteiger partial charge is 0.0448 e. The molecule has 2 saturated carbocycles. The van der Waals surface area contributed by atoms with Crippen LogP contribution in [0.4, 0.5) is 5.69 Å². The Bertz CT molecular complexity index is 450. The standard InChI is InChI=1S/C17H27N3/c1-3-8-18-10-15-11-19-13(2)9-17(15)20(16-6-7-16)12-14-4-5-14/h9,11,14,16,18H,3-8,10,12H2,1-2H3. The fourth-order valence-electron chi connectivity index (χ4n) is 2.79. The summed E-state index contributed by atoms with van der Waals surface area (Å²) >= 11 is 0. The molecule has 3 heteroatoms. The molecule has 1 aromatic rings. The Labute approximate surface area is 122 Å². The van der Waals surface area contributed by atoms with Crippen molar-refractivity contribution in [1.29, 1.82) is 0 Å². The van der Waals surface area contributed by atoms with Crippen LogP contribution in [-0.2, 0) is 6.54 Å². The summed E-state index contributed by atoms with van der Waals surface area (Å²) in [6, 6.07) is 3.09. The number of nitrogens with one attached hydrogen (secondary N) is 1. The minimum Gasteiger partial charge on any atom is -0.368 e. The second kappa shape index (κ2) is 6.13. The number of anilines is 1. The maximum atomic E-state index is 4.51. The highest BCUT2D eigenvalue weighted by Gasteiger charge is 2.34.